The maximum atomic E-state index is 12.3. The van der Waals surface area contributed by atoms with Crippen molar-refractivity contribution in [1.82, 2.24) is 4.90 Å². The van der Waals surface area contributed by atoms with Crippen LogP contribution in [0.3, 0.4) is 0 Å². The van der Waals surface area contributed by atoms with Crippen LogP contribution in [0.15, 0.2) is 30.3 Å². The Hall–Kier alpha value is -1.42. The highest BCUT2D eigenvalue weighted by Gasteiger charge is 2.32. The summed E-state index contributed by atoms with van der Waals surface area (Å²) in [5, 5.41) is 0. The molecular weight excluding hydrogens is 232 g/mol. The van der Waals surface area contributed by atoms with Gasteiger partial charge in [0, 0.05) is 24.6 Å². The predicted molar refractivity (Wildman–Crippen MR) is 71.9 cm³/mol. The molecule has 0 spiro atoms. The Bertz CT molecular complexity index is 415. The summed E-state index contributed by atoms with van der Waals surface area (Å²) < 4.78 is 0. The summed E-state index contributed by atoms with van der Waals surface area (Å²) in [4.78, 5) is 14.6. The average molecular weight is 248 g/mol. The minimum atomic E-state index is 0.0874. The molecule has 17 heavy (non-hydrogen) atoms. The molecule has 1 fully saturated rings. The van der Waals surface area contributed by atoms with Crippen LogP contribution < -0.4 is 5.73 Å². The van der Waals surface area contributed by atoms with Crippen LogP contribution in [0.4, 0.5) is 0 Å². The SMILES string of the molecule is NC(=S)CCN(C(=O)c1ccccc1)C1CC1. The summed E-state index contributed by atoms with van der Waals surface area (Å²) in [5.74, 6) is 0.0874. The van der Waals surface area contributed by atoms with Gasteiger partial charge in [0.05, 0.1) is 4.99 Å². The summed E-state index contributed by atoms with van der Waals surface area (Å²) in [7, 11) is 0. The van der Waals surface area contributed by atoms with Crippen molar-refractivity contribution in [3.8, 4) is 0 Å². The monoisotopic (exact) mass is 248 g/mol. The highest BCUT2D eigenvalue weighted by Crippen LogP contribution is 2.28. The number of benzene rings is 1. The second kappa shape index (κ2) is 5.27. The van der Waals surface area contributed by atoms with Gasteiger partial charge in [-0.2, -0.15) is 0 Å². The Labute approximate surface area is 107 Å². The van der Waals surface area contributed by atoms with Crippen LogP contribution in [-0.4, -0.2) is 28.4 Å². The first kappa shape index (κ1) is 12.0. The van der Waals surface area contributed by atoms with Crippen molar-refractivity contribution >= 4 is 23.1 Å². The van der Waals surface area contributed by atoms with Gasteiger partial charge in [-0.25, -0.2) is 0 Å². The number of hydrogen-bond donors (Lipinski definition) is 1. The quantitative estimate of drug-likeness (QED) is 0.810. The molecule has 1 saturated carbocycles. The zero-order chi connectivity index (χ0) is 12.3. The molecule has 0 radical (unpaired) electrons. The molecule has 0 aromatic heterocycles. The molecule has 0 atom stereocenters. The molecule has 1 aromatic carbocycles. The normalized spacial score (nSPS) is 14.4. The number of carbonyl (C=O) groups excluding carboxylic acids is 1. The summed E-state index contributed by atoms with van der Waals surface area (Å²) >= 11 is 4.86. The minimum Gasteiger partial charge on any atom is -0.393 e. The second-order valence-electron chi connectivity index (χ2n) is 4.31. The molecule has 3 nitrogen and oxygen atoms in total. The smallest absolute Gasteiger partial charge is 0.254 e. The Morgan fingerprint density at radius 3 is 2.53 bits per heavy atom. The summed E-state index contributed by atoms with van der Waals surface area (Å²) in [6, 6.07) is 9.75. The van der Waals surface area contributed by atoms with Gasteiger partial charge in [0.1, 0.15) is 0 Å². The predicted octanol–water partition coefficient (Wildman–Crippen LogP) is 1.97. The van der Waals surface area contributed by atoms with Crippen molar-refractivity contribution < 1.29 is 4.79 Å². The van der Waals surface area contributed by atoms with E-state index in [1.165, 1.54) is 0 Å². The zero-order valence-corrected chi connectivity index (χ0v) is 10.5. The molecule has 0 saturated heterocycles. The van der Waals surface area contributed by atoms with Crippen molar-refractivity contribution in [2.45, 2.75) is 25.3 Å². The van der Waals surface area contributed by atoms with Crippen LogP contribution in [0.25, 0.3) is 0 Å². The molecule has 90 valence electrons. The molecule has 0 bridgehead atoms. The van der Waals surface area contributed by atoms with E-state index in [-0.39, 0.29) is 5.91 Å². The number of nitrogens with zero attached hydrogens (tertiary/aromatic N) is 1. The van der Waals surface area contributed by atoms with Crippen molar-refractivity contribution in [2.75, 3.05) is 6.54 Å². The van der Waals surface area contributed by atoms with E-state index in [0.29, 0.717) is 24.0 Å². The lowest BCUT2D eigenvalue weighted by Gasteiger charge is -2.22. The van der Waals surface area contributed by atoms with Crippen molar-refractivity contribution in [3.05, 3.63) is 35.9 Å². The maximum absolute atomic E-state index is 12.3. The molecule has 1 amide bonds. The standard InChI is InChI=1S/C13H16N2OS/c14-12(17)8-9-15(11-6-7-11)13(16)10-4-2-1-3-5-10/h1-5,11H,6-9H2,(H2,14,17). The summed E-state index contributed by atoms with van der Waals surface area (Å²) in [5.41, 5.74) is 6.23. The number of rotatable bonds is 5. The van der Waals surface area contributed by atoms with Crippen LogP contribution >= 0.6 is 12.2 Å². The van der Waals surface area contributed by atoms with Gasteiger partial charge in [-0.1, -0.05) is 30.4 Å². The molecule has 2 N–H and O–H groups in total. The van der Waals surface area contributed by atoms with Crippen molar-refractivity contribution in [3.63, 3.8) is 0 Å². The van der Waals surface area contributed by atoms with Gasteiger partial charge in [-0.05, 0) is 25.0 Å². The summed E-state index contributed by atoms with van der Waals surface area (Å²) in [6.07, 6.45) is 2.79. The summed E-state index contributed by atoms with van der Waals surface area (Å²) in [6.45, 7) is 0.633. The third-order valence-electron chi connectivity index (χ3n) is 2.87. The van der Waals surface area contributed by atoms with Gasteiger partial charge >= 0.3 is 0 Å². The number of thiocarbonyl (C=S) groups is 1. The average Bonchev–Trinajstić information content (AvgIpc) is 3.14. The number of nitrogens with two attached hydrogens (primary N) is 1. The highest BCUT2D eigenvalue weighted by atomic mass is 32.1. The number of amides is 1. The molecular formula is C13H16N2OS. The molecule has 1 aliphatic carbocycles. The third kappa shape index (κ3) is 3.27. The van der Waals surface area contributed by atoms with E-state index in [2.05, 4.69) is 0 Å². The van der Waals surface area contributed by atoms with E-state index >= 15 is 0 Å². The molecule has 1 aromatic rings. The Morgan fingerprint density at radius 1 is 1.35 bits per heavy atom. The van der Waals surface area contributed by atoms with Gasteiger partial charge in [-0.3, -0.25) is 4.79 Å². The lowest BCUT2D eigenvalue weighted by atomic mass is 10.2. The van der Waals surface area contributed by atoms with Crippen molar-refractivity contribution in [1.29, 1.82) is 0 Å². The van der Waals surface area contributed by atoms with E-state index in [0.717, 1.165) is 18.4 Å². The van der Waals surface area contributed by atoms with E-state index in [1.54, 1.807) is 0 Å². The van der Waals surface area contributed by atoms with E-state index in [4.69, 9.17) is 18.0 Å². The molecule has 0 heterocycles. The van der Waals surface area contributed by atoms with Gasteiger partial charge in [-0.15, -0.1) is 0 Å². The molecule has 0 aliphatic heterocycles. The van der Waals surface area contributed by atoms with Crippen LogP contribution in [0.2, 0.25) is 0 Å². The van der Waals surface area contributed by atoms with Crippen LogP contribution in [0.1, 0.15) is 29.6 Å². The minimum absolute atomic E-state index is 0.0874. The fraction of sp³-hybridized carbons (Fsp3) is 0.385. The lowest BCUT2D eigenvalue weighted by molar-refractivity contribution is 0.0748. The zero-order valence-electron chi connectivity index (χ0n) is 9.63. The Kier molecular flexibility index (Phi) is 3.74. The van der Waals surface area contributed by atoms with E-state index in [1.807, 2.05) is 35.2 Å². The highest BCUT2D eigenvalue weighted by molar-refractivity contribution is 7.80. The van der Waals surface area contributed by atoms with E-state index < -0.39 is 0 Å². The Morgan fingerprint density at radius 2 is 2.00 bits per heavy atom. The van der Waals surface area contributed by atoms with Crippen LogP contribution in [-0.2, 0) is 0 Å². The molecule has 0 unspecified atom stereocenters. The first-order valence-electron chi connectivity index (χ1n) is 5.83. The largest absolute Gasteiger partial charge is 0.393 e. The topological polar surface area (TPSA) is 46.3 Å². The molecule has 1 aliphatic rings. The molecule has 2 rings (SSSR count). The van der Waals surface area contributed by atoms with Crippen LogP contribution in [0.5, 0.6) is 0 Å². The van der Waals surface area contributed by atoms with Gasteiger partial charge in [0.2, 0.25) is 0 Å². The second-order valence-corrected chi connectivity index (χ2v) is 4.84. The fourth-order valence-electron chi connectivity index (χ4n) is 1.81. The van der Waals surface area contributed by atoms with Gasteiger partial charge in [0.15, 0.2) is 0 Å². The fourth-order valence-corrected chi connectivity index (χ4v) is 1.90. The van der Waals surface area contributed by atoms with Gasteiger partial charge < -0.3 is 10.6 Å². The maximum Gasteiger partial charge on any atom is 0.254 e. The van der Waals surface area contributed by atoms with E-state index in [9.17, 15) is 4.79 Å². The number of carbonyl (C=O) groups is 1. The Balaban J connectivity index is 2.05. The molecule has 4 heteroatoms. The first-order chi connectivity index (χ1) is 8.18. The first-order valence-corrected chi connectivity index (χ1v) is 6.23. The number of hydrogen-bond acceptors (Lipinski definition) is 2. The van der Waals surface area contributed by atoms with Gasteiger partial charge in [0.25, 0.3) is 5.91 Å². The lowest BCUT2D eigenvalue weighted by Crippen LogP contribution is -2.35. The van der Waals surface area contributed by atoms with Crippen molar-refractivity contribution in [2.24, 2.45) is 5.73 Å². The third-order valence-corrected chi connectivity index (χ3v) is 3.07. The van der Waals surface area contributed by atoms with Crippen LogP contribution in [0, 0.1) is 0 Å².